The lowest BCUT2D eigenvalue weighted by Crippen LogP contribution is -2.38. The van der Waals surface area contributed by atoms with Crippen LogP contribution in [0.2, 0.25) is 0 Å². The third-order valence-corrected chi connectivity index (χ3v) is 2.51. The zero-order valence-electron chi connectivity index (χ0n) is 10.0. The van der Waals surface area contributed by atoms with Crippen LogP contribution in [-0.2, 0) is 0 Å². The summed E-state index contributed by atoms with van der Waals surface area (Å²) in [6, 6.07) is 7.44. The summed E-state index contributed by atoms with van der Waals surface area (Å²) in [6.45, 7) is 5.87. The van der Waals surface area contributed by atoms with Gasteiger partial charge in [-0.3, -0.25) is 4.79 Å². The molecule has 0 fully saturated rings. The summed E-state index contributed by atoms with van der Waals surface area (Å²) in [5.74, 6) is 0.758. The molecule has 0 radical (unpaired) electrons. The maximum absolute atomic E-state index is 11.6. The third-order valence-electron chi connectivity index (χ3n) is 1.73. The van der Waals surface area contributed by atoms with E-state index in [-0.39, 0.29) is 10.8 Å². The van der Waals surface area contributed by atoms with Crippen LogP contribution in [-0.4, -0.2) is 17.9 Å². The molecule has 1 N–H and O–H groups in total. The maximum Gasteiger partial charge on any atom is 0.284 e. The second-order valence-corrected chi connectivity index (χ2v) is 5.49. The lowest BCUT2D eigenvalue weighted by atomic mass is 10.1. The molecule has 0 unspecified atom stereocenters. The fourth-order valence-corrected chi connectivity index (χ4v) is 2.00. The maximum atomic E-state index is 11.6. The zero-order chi connectivity index (χ0) is 12.2. The number of rotatable bonds is 2. The van der Waals surface area contributed by atoms with Crippen LogP contribution in [0, 0.1) is 0 Å². The zero-order valence-corrected chi connectivity index (χ0v) is 10.9. The number of ether oxygens (including phenoxy) is 1. The van der Waals surface area contributed by atoms with Gasteiger partial charge in [0.15, 0.2) is 0 Å². The third kappa shape index (κ3) is 4.57. The molecule has 3 nitrogen and oxygen atoms in total. The highest BCUT2D eigenvalue weighted by Crippen LogP contribution is 2.23. The van der Waals surface area contributed by atoms with Crippen LogP contribution < -0.4 is 10.1 Å². The number of methoxy groups -OCH3 is 1. The minimum atomic E-state index is -0.205. The van der Waals surface area contributed by atoms with E-state index in [1.165, 1.54) is 11.8 Å². The number of hydrogen-bond donors (Lipinski definition) is 1. The average Bonchev–Trinajstić information content (AvgIpc) is 2.15. The predicted octanol–water partition coefficient (Wildman–Crippen LogP) is 3.30. The Morgan fingerprint density at radius 1 is 1.38 bits per heavy atom. The molecule has 0 atom stereocenters. The highest BCUT2D eigenvalue weighted by Gasteiger charge is 2.14. The van der Waals surface area contributed by atoms with Crippen LogP contribution >= 0.6 is 11.8 Å². The highest BCUT2D eigenvalue weighted by atomic mass is 32.2. The van der Waals surface area contributed by atoms with E-state index in [2.05, 4.69) is 5.32 Å². The Morgan fingerprint density at radius 2 is 2.06 bits per heavy atom. The number of thioether (sulfide) groups is 1. The molecule has 0 heterocycles. The smallest absolute Gasteiger partial charge is 0.284 e. The topological polar surface area (TPSA) is 38.3 Å². The number of benzene rings is 1. The van der Waals surface area contributed by atoms with Crippen molar-refractivity contribution in [3.63, 3.8) is 0 Å². The number of carbonyl (C=O) groups is 1. The standard InChI is InChI=1S/C12H17NO2S/c1-12(2,3)13-11(14)16-10-7-5-6-9(8-10)15-4/h5-8H,1-4H3,(H,13,14). The van der Waals surface area contributed by atoms with Gasteiger partial charge in [0.2, 0.25) is 0 Å². The number of hydrogen-bond acceptors (Lipinski definition) is 3. The van der Waals surface area contributed by atoms with E-state index >= 15 is 0 Å². The number of amides is 1. The van der Waals surface area contributed by atoms with Gasteiger partial charge in [-0.15, -0.1) is 0 Å². The molecular weight excluding hydrogens is 222 g/mol. The van der Waals surface area contributed by atoms with Crippen molar-refractivity contribution in [3.05, 3.63) is 24.3 Å². The van der Waals surface area contributed by atoms with Crippen molar-refractivity contribution in [2.24, 2.45) is 0 Å². The Kier molecular flexibility index (Phi) is 4.24. The normalized spacial score (nSPS) is 11.0. The first-order valence-electron chi connectivity index (χ1n) is 5.05. The molecular formula is C12H17NO2S. The van der Waals surface area contributed by atoms with Crippen molar-refractivity contribution in [3.8, 4) is 5.75 Å². The van der Waals surface area contributed by atoms with E-state index < -0.39 is 0 Å². The molecule has 1 amide bonds. The van der Waals surface area contributed by atoms with Crippen LogP contribution in [0.4, 0.5) is 4.79 Å². The van der Waals surface area contributed by atoms with Crippen molar-refractivity contribution >= 4 is 17.0 Å². The van der Waals surface area contributed by atoms with Gasteiger partial charge in [-0.2, -0.15) is 0 Å². The number of carbonyl (C=O) groups excluding carboxylic acids is 1. The molecule has 0 aliphatic rings. The van der Waals surface area contributed by atoms with E-state index in [0.29, 0.717) is 0 Å². The fourth-order valence-electron chi connectivity index (χ4n) is 1.10. The minimum Gasteiger partial charge on any atom is -0.497 e. The molecule has 0 bridgehead atoms. The second-order valence-electron chi connectivity index (χ2n) is 4.44. The Labute approximate surface area is 101 Å². The van der Waals surface area contributed by atoms with E-state index in [4.69, 9.17) is 4.74 Å². The van der Waals surface area contributed by atoms with Crippen LogP contribution in [0.1, 0.15) is 20.8 Å². The molecule has 0 spiro atoms. The predicted molar refractivity (Wildman–Crippen MR) is 67.1 cm³/mol. The van der Waals surface area contributed by atoms with Gasteiger partial charge in [0, 0.05) is 10.4 Å². The largest absolute Gasteiger partial charge is 0.497 e. The molecule has 16 heavy (non-hydrogen) atoms. The molecule has 0 aromatic heterocycles. The molecule has 0 aliphatic carbocycles. The van der Waals surface area contributed by atoms with E-state index in [9.17, 15) is 4.79 Å². The molecule has 0 saturated heterocycles. The minimum absolute atomic E-state index is 0.0549. The van der Waals surface area contributed by atoms with Crippen molar-refractivity contribution < 1.29 is 9.53 Å². The van der Waals surface area contributed by atoms with Crippen molar-refractivity contribution in [1.29, 1.82) is 0 Å². The molecule has 0 saturated carbocycles. The molecule has 1 rings (SSSR count). The lowest BCUT2D eigenvalue weighted by Gasteiger charge is -2.19. The fraction of sp³-hybridized carbons (Fsp3) is 0.417. The monoisotopic (exact) mass is 239 g/mol. The first-order chi connectivity index (χ1) is 7.40. The Morgan fingerprint density at radius 3 is 2.62 bits per heavy atom. The van der Waals surface area contributed by atoms with Crippen molar-refractivity contribution in [2.45, 2.75) is 31.2 Å². The van der Waals surface area contributed by atoms with Crippen LogP contribution in [0.5, 0.6) is 5.75 Å². The van der Waals surface area contributed by atoms with Gasteiger partial charge >= 0.3 is 0 Å². The van der Waals surface area contributed by atoms with E-state index in [1.807, 2.05) is 45.0 Å². The van der Waals surface area contributed by atoms with Gasteiger partial charge in [-0.05, 0) is 50.7 Å². The summed E-state index contributed by atoms with van der Waals surface area (Å²) < 4.78 is 5.09. The first kappa shape index (κ1) is 12.9. The second kappa shape index (κ2) is 5.25. The Balaban J connectivity index is 2.62. The summed E-state index contributed by atoms with van der Waals surface area (Å²) in [5, 5.41) is 2.83. The lowest BCUT2D eigenvalue weighted by molar-refractivity contribution is 0.253. The summed E-state index contributed by atoms with van der Waals surface area (Å²) in [4.78, 5) is 12.5. The van der Waals surface area contributed by atoms with Gasteiger partial charge in [0.05, 0.1) is 7.11 Å². The number of nitrogens with one attached hydrogen (secondary N) is 1. The van der Waals surface area contributed by atoms with Crippen molar-refractivity contribution in [1.82, 2.24) is 5.32 Å². The molecule has 4 heteroatoms. The molecule has 1 aromatic rings. The van der Waals surface area contributed by atoms with Crippen LogP contribution in [0.25, 0.3) is 0 Å². The van der Waals surface area contributed by atoms with E-state index in [0.717, 1.165) is 10.6 Å². The van der Waals surface area contributed by atoms with E-state index in [1.54, 1.807) is 7.11 Å². The van der Waals surface area contributed by atoms with Gasteiger partial charge in [-0.1, -0.05) is 6.07 Å². The van der Waals surface area contributed by atoms with Crippen molar-refractivity contribution in [2.75, 3.05) is 7.11 Å². The Hall–Kier alpha value is -1.16. The summed E-state index contributed by atoms with van der Waals surface area (Å²) in [5.41, 5.74) is -0.205. The Bertz CT molecular complexity index is 372. The van der Waals surface area contributed by atoms with Gasteiger partial charge < -0.3 is 10.1 Å². The van der Waals surface area contributed by atoms with Crippen LogP contribution in [0.15, 0.2) is 29.2 Å². The van der Waals surface area contributed by atoms with Gasteiger partial charge in [0.25, 0.3) is 5.24 Å². The average molecular weight is 239 g/mol. The summed E-state index contributed by atoms with van der Waals surface area (Å²) in [7, 11) is 1.61. The molecule has 88 valence electrons. The highest BCUT2D eigenvalue weighted by molar-refractivity contribution is 8.13. The van der Waals surface area contributed by atoms with Gasteiger partial charge in [-0.25, -0.2) is 0 Å². The quantitative estimate of drug-likeness (QED) is 0.805. The molecule has 0 aliphatic heterocycles. The first-order valence-corrected chi connectivity index (χ1v) is 5.86. The van der Waals surface area contributed by atoms with Gasteiger partial charge in [0.1, 0.15) is 5.75 Å². The molecule has 1 aromatic carbocycles. The van der Waals surface area contributed by atoms with Crippen LogP contribution in [0.3, 0.4) is 0 Å². The SMILES string of the molecule is COc1cccc(SC(=O)NC(C)(C)C)c1. The summed E-state index contributed by atoms with van der Waals surface area (Å²) in [6.07, 6.45) is 0. The summed E-state index contributed by atoms with van der Waals surface area (Å²) >= 11 is 1.17.